The lowest BCUT2D eigenvalue weighted by molar-refractivity contribution is 0.170. The number of aromatic nitrogens is 1. The van der Waals surface area contributed by atoms with E-state index in [-0.39, 0.29) is 0 Å². The Kier molecular flexibility index (Phi) is 5.31. The van der Waals surface area contributed by atoms with E-state index in [0.29, 0.717) is 13.1 Å². The zero-order valence-corrected chi connectivity index (χ0v) is 12.8. The second-order valence-corrected chi connectivity index (χ2v) is 5.19. The van der Waals surface area contributed by atoms with Gasteiger partial charge in [-0.05, 0) is 43.2 Å². The molecule has 0 aliphatic carbocycles. The predicted molar refractivity (Wildman–Crippen MR) is 83.4 cm³/mol. The summed E-state index contributed by atoms with van der Waals surface area (Å²) in [5.74, 6) is 0.718. The first-order chi connectivity index (χ1) is 10.1. The van der Waals surface area contributed by atoms with E-state index in [1.165, 1.54) is 5.56 Å². The fraction of sp³-hybridized carbons (Fsp3) is 0.353. The average molecular weight is 286 g/mol. The van der Waals surface area contributed by atoms with E-state index in [9.17, 15) is 5.11 Å². The summed E-state index contributed by atoms with van der Waals surface area (Å²) in [7, 11) is 1.62. The summed E-state index contributed by atoms with van der Waals surface area (Å²) in [5.41, 5.74) is 4.26. The highest BCUT2D eigenvalue weighted by atomic mass is 16.5. The van der Waals surface area contributed by atoms with Crippen molar-refractivity contribution in [1.29, 1.82) is 0 Å². The number of aliphatic hydroxyl groups is 1. The number of hydrogen-bond donors (Lipinski definition) is 2. The molecule has 4 nitrogen and oxygen atoms in total. The van der Waals surface area contributed by atoms with Crippen LogP contribution < -0.4 is 10.1 Å². The second-order valence-electron chi connectivity index (χ2n) is 5.19. The summed E-state index contributed by atoms with van der Waals surface area (Å²) >= 11 is 0. The van der Waals surface area contributed by atoms with Crippen LogP contribution in [0.2, 0.25) is 0 Å². The van der Waals surface area contributed by atoms with Gasteiger partial charge in [-0.15, -0.1) is 0 Å². The zero-order chi connectivity index (χ0) is 15.2. The van der Waals surface area contributed by atoms with E-state index in [1.54, 1.807) is 13.3 Å². The van der Waals surface area contributed by atoms with Crippen molar-refractivity contribution in [2.75, 3.05) is 13.7 Å². The van der Waals surface area contributed by atoms with E-state index >= 15 is 0 Å². The normalized spacial score (nSPS) is 12.2. The first-order valence-corrected chi connectivity index (χ1v) is 7.04. The minimum atomic E-state index is -0.595. The molecule has 0 amide bonds. The lowest BCUT2D eigenvalue weighted by atomic mass is 10.0. The van der Waals surface area contributed by atoms with Gasteiger partial charge >= 0.3 is 0 Å². The molecule has 0 saturated heterocycles. The lowest BCUT2D eigenvalue weighted by Gasteiger charge is -2.16. The Balaban J connectivity index is 1.97. The Bertz CT molecular complexity index is 599. The third-order valence-electron chi connectivity index (χ3n) is 3.53. The van der Waals surface area contributed by atoms with Crippen LogP contribution in [0.4, 0.5) is 0 Å². The average Bonchev–Trinajstić information content (AvgIpc) is 2.49. The minimum Gasteiger partial charge on any atom is -0.496 e. The fourth-order valence-corrected chi connectivity index (χ4v) is 2.27. The molecule has 0 bridgehead atoms. The van der Waals surface area contributed by atoms with Crippen molar-refractivity contribution in [2.24, 2.45) is 0 Å². The Labute approximate surface area is 125 Å². The third kappa shape index (κ3) is 4.03. The van der Waals surface area contributed by atoms with Gasteiger partial charge in [0.05, 0.1) is 13.2 Å². The van der Waals surface area contributed by atoms with Crippen molar-refractivity contribution >= 4 is 0 Å². The monoisotopic (exact) mass is 286 g/mol. The number of benzene rings is 1. The van der Waals surface area contributed by atoms with E-state index < -0.39 is 6.10 Å². The summed E-state index contributed by atoms with van der Waals surface area (Å²) in [5, 5.41) is 13.6. The smallest absolute Gasteiger partial charge is 0.124 e. The molecule has 0 fully saturated rings. The van der Waals surface area contributed by atoms with E-state index in [1.807, 2.05) is 44.3 Å². The van der Waals surface area contributed by atoms with E-state index in [0.717, 1.165) is 22.4 Å². The lowest BCUT2D eigenvalue weighted by Crippen LogP contribution is -2.22. The van der Waals surface area contributed by atoms with Gasteiger partial charge in [-0.1, -0.05) is 11.6 Å². The van der Waals surface area contributed by atoms with Crippen LogP contribution in [0.5, 0.6) is 5.75 Å². The molecule has 1 unspecified atom stereocenters. The number of rotatable bonds is 6. The molecule has 0 aliphatic rings. The van der Waals surface area contributed by atoms with Gasteiger partial charge in [-0.25, -0.2) is 0 Å². The van der Waals surface area contributed by atoms with Gasteiger partial charge in [-0.3, -0.25) is 4.98 Å². The van der Waals surface area contributed by atoms with Crippen LogP contribution in [0.3, 0.4) is 0 Å². The molecule has 2 N–H and O–H groups in total. The van der Waals surface area contributed by atoms with Crippen LogP contribution in [0, 0.1) is 13.8 Å². The topological polar surface area (TPSA) is 54.4 Å². The molecule has 0 aliphatic heterocycles. The second kappa shape index (κ2) is 7.20. The molecule has 2 rings (SSSR count). The van der Waals surface area contributed by atoms with Crippen LogP contribution >= 0.6 is 0 Å². The molecule has 1 aromatic carbocycles. The van der Waals surface area contributed by atoms with Crippen LogP contribution in [-0.4, -0.2) is 23.7 Å². The van der Waals surface area contributed by atoms with Gasteiger partial charge in [0.15, 0.2) is 0 Å². The van der Waals surface area contributed by atoms with E-state index in [4.69, 9.17) is 4.74 Å². The molecule has 21 heavy (non-hydrogen) atoms. The summed E-state index contributed by atoms with van der Waals surface area (Å²) in [6.45, 7) is 5.22. The highest BCUT2D eigenvalue weighted by Crippen LogP contribution is 2.25. The molecule has 4 heteroatoms. The van der Waals surface area contributed by atoms with Gasteiger partial charge in [-0.2, -0.15) is 0 Å². The summed E-state index contributed by atoms with van der Waals surface area (Å²) in [6.07, 6.45) is 3.03. The number of methoxy groups -OCH3 is 1. The van der Waals surface area contributed by atoms with Gasteiger partial charge in [0, 0.05) is 31.0 Å². The van der Waals surface area contributed by atoms with Crippen LogP contribution in [-0.2, 0) is 6.54 Å². The van der Waals surface area contributed by atoms with Crippen molar-refractivity contribution in [3.05, 3.63) is 58.9 Å². The van der Waals surface area contributed by atoms with E-state index in [2.05, 4.69) is 10.3 Å². The van der Waals surface area contributed by atoms with Crippen molar-refractivity contribution < 1.29 is 9.84 Å². The zero-order valence-electron chi connectivity index (χ0n) is 12.8. The molecule has 0 saturated carbocycles. The largest absolute Gasteiger partial charge is 0.496 e. The van der Waals surface area contributed by atoms with Gasteiger partial charge < -0.3 is 15.2 Å². The molecule has 0 radical (unpaired) electrons. The number of aryl methyl sites for hydroxylation is 2. The fourth-order valence-electron chi connectivity index (χ4n) is 2.27. The molecule has 1 atom stereocenters. The first kappa shape index (κ1) is 15.5. The highest BCUT2D eigenvalue weighted by Gasteiger charge is 2.13. The molecule has 112 valence electrons. The molecule has 0 spiro atoms. The van der Waals surface area contributed by atoms with Crippen LogP contribution in [0.1, 0.15) is 28.4 Å². The molecular formula is C17H22N2O2. The Morgan fingerprint density at radius 2 is 2.10 bits per heavy atom. The Hall–Kier alpha value is -1.91. The maximum atomic E-state index is 10.3. The third-order valence-corrected chi connectivity index (χ3v) is 3.53. The summed E-state index contributed by atoms with van der Waals surface area (Å²) < 4.78 is 5.31. The SMILES string of the molecule is COc1ccc(C)cc1C(O)CNCc1ccncc1C. The number of ether oxygens (including phenoxy) is 1. The van der Waals surface area contributed by atoms with Crippen LogP contribution in [0.25, 0.3) is 0 Å². The van der Waals surface area contributed by atoms with Crippen molar-refractivity contribution in [1.82, 2.24) is 10.3 Å². The number of pyridine rings is 1. The van der Waals surface area contributed by atoms with Crippen LogP contribution in [0.15, 0.2) is 36.7 Å². The highest BCUT2D eigenvalue weighted by molar-refractivity contribution is 5.38. The maximum absolute atomic E-state index is 10.3. The summed E-state index contributed by atoms with van der Waals surface area (Å²) in [4.78, 5) is 4.07. The Morgan fingerprint density at radius 1 is 1.29 bits per heavy atom. The Morgan fingerprint density at radius 3 is 2.81 bits per heavy atom. The maximum Gasteiger partial charge on any atom is 0.124 e. The molecule has 2 aromatic rings. The molecular weight excluding hydrogens is 264 g/mol. The summed E-state index contributed by atoms with van der Waals surface area (Å²) in [6, 6.07) is 7.81. The standard InChI is InChI=1S/C17H22N2O2/c1-12-4-5-17(21-3)15(8-12)16(20)11-19-10-14-6-7-18-9-13(14)2/h4-9,16,19-20H,10-11H2,1-3H3. The van der Waals surface area contributed by atoms with Gasteiger partial charge in [0.25, 0.3) is 0 Å². The minimum absolute atomic E-state index is 0.474. The molecule has 1 aromatic heterocycles. The van der Waals surface area contributed by atoms with Gasteiger partial charge in [0.1, 0.15) is 5.75 Å². The first-order valence-electron chi connectivity index (χ1n) is 7.04. The number of aliphatic hydroxyl groups excluding tert-OH is 1. The van der Waals surface area contributed by atoms with Crippen molar-refractivity contribution in [2.45, 2.75) is 26.5 Å². The quantitative estimate of drug-likeness (QED) is 0.857. The molecule has 1 heterocycles. The predicted octanol–water partition coefficient (Wildman–Crippen LogP) is 2.53. The van der Waals surface area contributed by atoms with Crippen molar-refractivity contribution in [3.63, 3.8) is 0 Å². The van der Waals surface area contributed by atoms with Crippen molar-refractivity contribution in [3.8, 4) is 5.75 Å². The van der Waals surface area contributed by atoms with Gasteiger partial charge in [0.2, 0.25) is 0 Å². The number of hydrogen-bond acceptors (Lipinski definition) is 4. The number of nitrogens with zero attached hydrogens (tertiary/aromatic N) is 1. The number of nitrogens with one attached hydrogen (secondary N) is 1.